The van der Waals surface area contributed by atoms with Crippen molar-refractivity contribution in [2.75, 3.05) is 0 Å². The predicted molar refractivity (Wildman–Crippen MR) is 66.0 cm³/mol. The highest BCUT2D eigenvalue weighted by atomic mass is 16.4. The van der Waals surface area contributed by atoms with E-state index >= 15 is 0 Å². The standard InChI is InChI=1S/C6H9N3O2.C6H6O/c7-5(6(10)11)1-4-2-8-3-9-4;7-6-4-2-1-3-5-6/h2-3,5H,1,7H2,(H,8,9)(H,10,11);1-5,7H/t5-;/m0./s1. The van der Waals surface area contributed by atoms with E-state index in [4.69, 9.17) is 15.9 Å². The summed E-state index contributed by atoms with van der Waals surface area (Å²) in [6.45, 7) is 0. The van der Waals surface area contributed by atoms with Crippen LogP contribution in [-0.2, 0) is 11.2 Å². The van der Waals surface area contributed by atoms with E-state index in [1.807, 2.05) is 6.07 Å². The molecule has 0 unspecified atom stereocenters. The highest BCUT2D eigenvalue weighted by Gasteiger charge is 2.12. The number of aliphatic carboxylic acids is 1. The second kappa shape index (κ2) is 7.08. The van der Waals surface area contributed by atoms with Crippen LogP contribution >= 0.6 is 0 Å². The van der Waals surface area contributed by atoms with Crippen molar-refractivity contribution in [2.24, 2.45) is 5.73 Å². The normalized spacial score (nSPS) is 11.2. The smallest absolute Gasteiger partial charge is 0.320 e. The van der Waals surface area contributed by atoms with Gasteiger partial charge in [-0.25, -0.2) is 4.98 Å². The van der Waals surface area contributed by atoms with Gasteiger partial charge in [-0.1, -0.05) is 18.2 Å². The van der Waals surface area contributed by atoms with Crippen molar-refractivity contribution in [1.29, 1.82) is 0 Å². The van der Waals surface area contributed by atoms with Crippen LogP contribution in [0.4, 0.5) is 0 Å². The van der Waals surface area contributed by atoms with Gasteiger partial charge in [0.25, 0.3) is 0 Å². The van der Waals surface area contributed by atoms with Crippen LogP contribution in [0.25, 0.3) is 0 Å². The van der Waals surface area contributed by atoms with Gasteiger partial charge in [0.1, 0.15) is 11.8 Å². The molecule has 0 amide bonds. The molecule has 0 spiro atoms. The number of aromatic hydroxyl groups is 1. The van der Waals surface area contributed by atoms with Crippen LogP contribution in [0.3, 0.4) is 0 Å². The summed E-state index contributed by atoms with van der Waals surface area (Å²) in [6, 6.07) is 7.85. The Hall–Kier alpha value is -2.34. The first-order valence-electron chi connectivity index (χ1n) is 5.29. The molecule has 5 N–H and O–H groups in total. The fraction of sp³-hybridized carbons (Fsp3) is 0.167. The molecule has 0 aliphatic carbocycles. The van der Waals surface area contributed by atoms with Crippen molar-refractivity contribution in [2.45, 2.75) is 12.5 Å². The first kappa shape index (κ1) is 13.7. The van der Waals surface area contributed by atoms with Gasteiger partial charge in [-0.15, -0.1) is 0 Å². The zero-order valence-corrected chi connectivity index (χ0v) is 9.65. The molecule has 0 aliphatic heterocycles. The number of aromatic nitrogens is 2. The Morgan fingerprint density at radius 1 is 1.39 bits per heavy atom. The summed E-state index contributed by atoms with van der Waals surface area (Å²) >= 11 is 0. The van der Waals surface area contributed by atoms with E-state index < -0.39 is 12.0 Å². The number of nitrogens with zero attached hydrogens (tertiary/aromatic N) is 1. The molecule has 2 aromatic rings. The van der Waals surface area contributed by atoms with E-state index in [1.54, 1.807) is 30.5 Å². The predicted octanol–water partition coefficient (Wildman–Crippen LogP) is 0.756. The number of imidazole rings is 1. The van der Waals surface area contributed by atoms with Crippen LogP contribution in [0.1, 0.15) is 5.69 Å². The van der Waals surface area contributed by atoms with Crippen LogP contribution in [0.15, 0.2) is 42.9 Å². The third-order valence-corrected chi connectivity index (χ3v) is 2.06. The molecule has 96 valence electrons. The molecule has 1 atom stereocenters. The third-order valence-electron chi connectivity index (χ3n) is 2.06. The van der Waals surface area contributed by atoms with Gasteiger partial charge < -0.3 is 20.9 Å². The Morgan fingerprint density at radius 2 is 2.06 bits per heavy atom. The number of nitrogens with one attached hydrogen (secondary N) is 1. The molecule has 1 aromatic heterocycles. The lowest BCUT2D eigenvalue weighted by Gasteiger charge is -2.01. The first-order valence-corrected chi connectivity index (χ1v) is 5.29. The number of H-pyrrole nitrogens is 1. The summed E-state index contributed by atoms with van der Waals surface area (Å²) in [4.78, 5) is 16.8. The number of nitrogens with two attached hydrogens (primary N) is 1. The second-order valence-electron chi connectivity index (χ2n) is 3.54. The van der Waals surface area contributed by atoms with Crippen molar-refractivity contribution in [3.05, 3.63) is 48.5 Å². The van der Waals surface area contributed by atoms with Crippen LogP contribution in [0.5, 0.6) is 5.75 Å². The molecule has 0 radical (unpaired) electrons. The summed E-state index contributed by atoms with van der Waals surface area (Å²) in [7, 11) is 0. The van der Waals surface area contributed by atoms with Crippen molar-refractivity contribution in [1.82, 2.24) is 9.97 Å². The summed E-state index contributed by atoms with van der Waals surface area (Å²) < 4.78 is 0. The number of aromatic amines is 1. The van der Waals surface area contributed by atoms with E-state index in [0.717, 1.165) is 0 Å². The minimum Gasteiger partial charge on any atom is -0.508 e. The Kier molecular flexibility index (Phi) is 5.40. The number of carboxylic acid groups (broad SMARTS) is 1. The van der Waals surface area contributed by atoms with Gasteiger partial charge in [0.2, 0.25) is 0 Å². The van der Waals surface area contributed by atoms with Crippen molar-refractivity contribution in [3.63, 3.8) is 0 Å². The summed E-state index contributed by atoms with van der Waals surface area (Å²) in [6.07, 6.45) is 3.38. The highest BCUT2D eigenvalue weighted by Crippen LogP contribution is 2.02. The van der Waals surface area contributed by atoms with Crippen molar-refractivity contribution < 1.29 is 15.0 Å². The number of hydrogen-bond acceptors (Lipinski definition) is 4. The van der Waals surface area contributed by atoms with Crippen LogP contribution < -0.4 is 5.73 Å². The number of para-hydroxylation sites is 1. The zero-order chi connectivity index (χ0) is 13.4. The van der Waals surface area contributed by atoms with E-state index in [-0.39, 0.29) is 6.42 Å². The maximum absolute atomic E-state index is 10.3. The molecular formula is C12H15N3O3. The molecule has 0 aliphatic rings. The summed E-state index contributed by atoms with van der Waals surface area (Å²) in [5, 5.41) is 17.1. The lowest BCUT2D eigenvalue weighted by molar-refractivity contribution is -0.138. The Bertz CT molecular complexity index is 457. The average Bonchev–Trinajstić information content (AvgIpc) is 2.83. The lowest BCUT2D eigenvalue weighted by Crippen LogP contribution is -2.32. The maximum Gasteiger partial charge on any atom is 0.320 e. The molecule has 18 heavy (non-hydrogen) atoms. The molecule has 2 rings (SSSR count). The van der Waals surface area contributed by atoms with Gasteiger partial charge in [-0.3, -0.25) is 4.79 Å². The number of carbonyl (C=O) groups is 1. The summed E-state index contributed by atoms with van der Waals surface area (Å²) in [5.41, 5.74) is 5.92. The first-order chi connectivity index (χ1) is 8.59. The zero-order valence-electron chi connectivity index (χ0n) is 9.65. The largest absolute Gasteiger partial charge is 0.508 e. The van der Waals surface area contributed by atoms with Gasteiger partial charge in [0, 0.05) is 12.6 Å². The molecule has 1 aromatic carbocycles. The van der Waals surface area contributed by atoms with Crippen molar-refractivity contribution in [3.8, 4) is 5.75 Å². The monoisotopic (exact) mass is 249 g/mol. The SMILES string of the molecule is N[C@@H](Cc1c[nH]cn1)C(=O)O.Oc1ccccc1. The molecule has 0 fully saturated rings. The fourth-order valence-corrected chi connectivity index (χ4v) is 1.14. The van der Waals surface area contributed by atoms with Crippen molar-refractivity contribution >= 4 is 5.97 Å². The van der Waals surface area contributed by atoms with E-state index in [0.29, 0.717) is 11.4 Å². The van der Waals surface area contributed by atoms with Gasteiger partial charge >= 0.3 is 5.97 Å². The molecule has 0 saturated carbocycles. The number of phenolic OH excluding ortho intramolecular Hbond substituents is 1. The van der Waals surface area contributed by atoms with Gasteiger partial charge in [-0.05, 0) is 12.1 Å². The lowest BCUT2D eigenvalue weighted by atomic mass is 10.2. The number of hydrogen-bond donors (Lipinski definition) is 4. The Morgan fingerprint density at radius 3 is 2.44 bits per heavy atom. The maximum atomic E-state index is 10.3. The van der Waals surface area contributed by atoms with E-state index in [1.165, 1.54) is 6.33 Å². The van der Waals surface area contributed by atoms with Gasteiger partial charge in [0.05, 0.1) is 12.0 Å². The van der Waals surface area contributed by atoms with Crippen LogP contribution in [0.2, 0.25) is 0 Å². The minimum atomic E-state index is -1.01. The van der Waals surface area contributed by atoms with Gasteiger partial charge in [-0.2, -0.15) is 0 Å². The van der Waals surface area contributed by atoms with E-state index in [9.17, 15) is 4.79 Å². The molecule has 1 heterocycles. The van der Waals surface area contributed by atoms with Crippen LogP contribution in [0, 0.1) is 0 Å². The third kappa shape index (κ3) is 5.13. The molecular weight excluding hydrogens is 234 g/mol. The molecule has 0 saturated heterocycles. The Balaban J connectivity index is 0.000000199. The summed E-state index contributed by atoms with van der Waals surface area (Å²) in [5.74, 6) is -0.685. The number of benzene rings is 1. The molecule has 0 bridgehead atoms. The quantitative estimate of drug-likeness (QED) is 0.641. The fourth-order valence-electron chi connectivity index (χ4n) is 1.14. The van der Waals surface area contributed by atoms with E-state index in [2.05, 4.69) is 9.97 Å². The van der Waals surface area contributed by atoms with Crippen LogP contribution in [-0.4, -0.2) is 32.2 Å². The number of rotatable bonds is 3. The second-order valence-corrected chi connectivity index (χ2v) is 3.54. The Labute approximate surface area is 104 Å². The highest BCUT2D eigenvalue weighted by molar-refractivity contribution is 5.73. The number of carboxylic acids is 1. The van der Waals surface area contributed by atoms with Gasteiger partial charge in [0.15, 0.2) is 0 Å². The topological polar surface area (TPSA) is 112 Å². The molecule has 6 nitrogen and oxygen atoms in total. The molecule has 6 heteroatoms. The minimum absolute atomic E-state index is 0.263. The average molecular weight is 249 g/mol. The number of phenols is 1.